The molecule has 0 spiro atoms. The fourth-order valence-corrected chi connectivity index (χ4v) is 2.69. The van der Waals surface area contributed by atoms with Crippen LogP contribution in [0.5, 0.6) is 0 Å². The van der Waals surface area contributed by atoms with Crippen LogP contribution in [0.15, 0.2) is 24.3 Å². The second-order valence-corrected chi connectivity index (χ2v) is 4.95. The van der Waals surface area contributed by atoms with Crippen LogP contribution in [-0.2, 0) is 4.74 Å². The van der Waals surface area contributed by atoms with Crippen LogP contribution in [-0.4, -0.2) is 24.7 Å². The van der Waals surface area contributed by atoms with Gasteiger partial charge in [-0.2, -0.15) is 0 Å². The van der Waals surface area contributed by atoms with Gasteiger partial charge in [-0.1, -0.05) is 0 Å². The molecule has 1 saturated heterocycles. The number of nitrogens with zero attached hydrogens (tertiary/aromatic N) is 1. The van der Waals surface area contributed by atoms with Crippen LogP contribution >= 0.6 is 0 Å². The van der Waals surface area contributed by atoms with Crippen LogP contribution in [0.1, 0.15) is 44.0 Å². The molecular weight excluding hydrogens is 226 g/mol. The highest BCUT2D eigenvalue weighted by atomic mass is 16.5. The maximum absolute atomic E-state index is 11.6. The molecule has 2 rings (SSSR count). The zero-order chi connectivity index (χ0) is 13.1. The Labute approximate surface area is 109 Å². The number of hydrogen-bond acceptors (Lipinski definition) is 3. The van der Waals surface area contributed by atoms with Crippen LogP contribution in [0.3, 0.4) is 0 Å². The third-order valence-corrected chi connectivity index (χ3v) is 3.63. The molecule has 2 atom stereocenters. The van der Waals surface area contributed by atoms with Crippen molar-refractivity contribution in [3.05, 3.63) is 29.8 Å². The Morgan fingerprint density at radius 1 is 1.22 bits per heavy atom. The molecule has 0 bridgehead atoms. The Balaban J connectivity index is 2.14. The summed E-state index contributed by atoms with van der Waals surface area (Å²) in [5.41, 5.74) is 1.82. The van der Waals surface area contributed by atoms with E-state index in [1.54, 1.807) is 0 Å². The van der Waals surface area contributed by atoms with E-state index in [0.717, 1.165) is 0 Å². The third-order valence-electron chi connectivity index (χ3n) is 3.63. The molecule has 1 aromatic carbocycles. The van der Waals surface area contributed by atoms with Crippen LogP contribution in [0.4, 0.5) is 5.69 Å². The standard InChI is InChI=1S/C15H21NO2/c1-4-18-15(17)13-7-9-14(10-8-13)16-11(2)5-6-12(16)3/h7-12H,4-6H2,1-3H3. The van der Waals surface area contributed by atoms with Crippen LogP contribution in [0.25, 0.3) is 0 Å². The van der Waals surface area contributed by atoms with E-state index in [0.29, 0.717) is 24.3 Å². The number of rotatable bonds is 3. The van der Waals surface area contributed by atoms with Gasteiger partial charge in [-0.3, -0.25) is 0 Å². The highest BCUT2D eigenvalue weighted by Crippen LogP contribution is 2.30. The number of carbonyl (C=O) groups excluding carboxylic acids is 1. The monoisotopic (exact) mass is 247 g/mol. The van der Waals surface area contributed by atoms with Crippen molar-refractivity contribution in [2.75, 3.05) is 11.5 Å². The molecule has 0 radical (unpaired) electrons. The fourth-order valence-electron chi connectivity index (χ4n) is 2.69. The van der Waals surface area contributed by atoms with E-state index in [9.17, 15) is 4.79 Å². The maximum Gasteiger partial charge on any atom is 0.338 e. The minimum atomic E-state index is -0.244. The summed E-state index contributed by atoms with van der Waals surface area (Å²) in [4.78, 5) is 14.0. The summed E-state index contributed by atoms with van der Waals surface area (Å²) in [5, 5.41) is 0. The van der Waals surface area contributed by atoms with Gasteiger partial charge in [0.2, 0.25) is 0 Å². The Morgan fingerprint density at radius 3 is 2.28 bits per heavy atom. The quantitative estimate of drug-likeness (QED) is 0.768. The molecule has 3 nitrogen and oxygen atoms in total. The van der Waals surface area contributed by atoms with Crippen LogP contribution in [0.2, 0.25) is 0 Å². The van der Waals surface area contributed by atoms with Crippen molar-refractivity contribution < 1.29 is 9.53 Å². The van der Waals surface area contributed by atoms with Gasteiger partial charge in [-0.25, -0.2) is 4.79 Å². The Kier molecular flexibility index (Phi) is 3.90. The van der Waals surface area contributed by atoms with Crippen molar-refractivity contribution in [2.24, 2.45) is 0 Å². The predicted octanol–water partition coefficient (Wildman–Crippen LogP) is 3.24. The molecule has 0 aromatic heterocycles. The maximum atomic E-state index is 11.6. The summed E-state index contributed by atoms with van der Waals surface area (Å²) < 4.78 is 4.98. The first-order chi connectivity index (χ1) is 8.63. The van der Waals surface area contributed by atoms with E-state index in [1.165, 1.54) is 18.5 Å². The highest BCUT2D eigenvalue weighted by molar-refractivity contribution is 5.89. The molecule has 1 aliphatic heterocycles. The lowest BCUT2D eigenvalue weighted by atomic mass is 10.1. The van der Waals surface area contributed by atoms with Gasteiger partial charge in [0.05, 0.1) is 12.2 Å². The summed E-state index contributed by atoms with van der Waals surface area (Å²) in [7, 11) is 0. The molecule has 98 valence electrons. The third kappa shape index (κ3) is 2.50. The van der Waals surface area contributed by atoms with Crippen LogP contribution in [0, 0.1) is 0 Å². The lowest BCUT2D eigenvalue weighted by Gasteiger charge is -2.28. The Morgan fingerprint density at radius 2 is 1.78 bits per heavy atom. The van der Waals surface area contributed by atoms with E-state index in [4.69, 9.17) is 4.74 Å². The second-order valence-electron chi connectivity index (χ2n) is 4.95. The Bertz CT molecular complexity index is 403. The normalized spacial score (nSPS) is 23.2. The molecule has 1 aliphatic rings. The smallest absolute Gasteiger partial charge is 0.338 e. The van der Waals surface area contributed by atoms with Crippen molar-refractivity contribution >= 4 is 11.7 Å². The molecule has 0 amide bonds. The number of hydrogen-bond donors (Lipinski definition) is 0. The van der Waals surface area contributed by atoms with Gasteiger partial charge in [0.15, 0.2) is 0 Å². The first-order valence-corrected chi connectivity index (χ1v) is 6.69. The largest absolute Gasteiger partial charge is 0.462 e. The molecule has 3 heteroatoms. The van der Waals surface area contributed by atoms with Gasteiger partial charge in [0, 0.05) is 17.8 Å². The summed E-state index contributed by atoms with van der Waals surface area (Å²) in [6.07, 6.45) is 2.47. The number of carbonyl (C=O) groups is 1. The van der Waals surface area contributed by atoms with Crippen molar-refractivity contribution in [2.45, 2.75) is 45.7 Å². The predicted molar refractivity (Wildman–Crippen MR) is 73.0 cm³/mol. The molecule has 2 unspecified atom stereocenters. The van der Waals surface area contributed by atoms with Gasteiger partial charge in [-0.15, -0.1) is 0 Å². The first kappa shape index (κ1) is 12.9. The number of ether oxygens (including phenoxy) is 1. The number of esters is 1. The van der Waals surface area contributed by atoms with Gasteiger partial charge < -0.3 is 9.64 Å². The molecular formula is C15H21NO2. The average molecular weight is 247 g/mol. The molecule has 0 N–H and O–H groups in total. The number of anilines is 1. The molecule has 0 saturated carbocycles. The van der Waals surface area contributed by atoms with E-state index >= 15 is 0 Å². The second kappa shape index (κ2) is 5.42. The summed E-state index contributed by atoms with van der Waals surface area (Å²) in [5.74, 6) is -0.244. The molecule has 1 fully saturated rings. The lowest BCUT2D eigenvalue weighted by Crippen LogP contribution is -2.32. The van der Waals surface area contributed by atoms with Crippen molar-refractivity contribution in [3.8, 4) is 0 Å². The molecule has 1 heterocycles. The van der Waals surface area contributed by atoms with Gasteiger partial charge in [0.25, 0.3) is 0 Å². The van der Waals surface area contributed by atoms with Crippen LogP contribution < -0.4 is 4.90 Å². The van der Waals surface area contributed by atoms with Gasteiger partial charge in [-0.05, 0) is 57.9 Å². The van der Waals surface area contributed by atoms with E-state index in [2.05, 4.69) is 18.7 Å². The SMILES string of the molecule is CCOC(=O)c1ccc(N2C(C)CCC2C)cc1. The summed E-state index contributed by atoms with van der Waals surface area (Å²) >= 11 is 0. The zero-order valence-corrected chi connectivity index (χ0v) is 11.3. The van der Waals surface area contributed by atoms with Gasteiger partial charge >= 0.3 is 5.97 Å². The van der Waals surface area contributed by atoms with E-state index in [1.807, 2.05) is 31.2 Å². The van der Waals surface area contributed by atoms with Crippen molar-refractivity contribution in [3.63, 3.8) is 0 Å². The molecule has 1 aromatic rings. The van der Waals surface area contributed by atoms with Crippen molar-refractivity contribution in [1.82, 2.24) is 0 Å². The Hall–Kier alpha value is -1.51. The highest BCUT2D eigenvalue weighted by Gasteiger charge is 2.27. The summed E-state index contributed by atoms with van der Waals surface area (Å²) in [6.45, 7) is 6.74. The summed E-state index contributed by atoms with van der Waals surface area (Å²) in [6, 6.07) is 8.90. The first-order valence-electron chi connectivity index (χ1n) is 6.69. The van der Waals surface area contributed by atoms with E-state index in [-0.39, 0.29) is 5.97 Å². The molecule has 18 heavy (non-hydrogen) atoms. The topological polar surface area (TPSA) is 29.5 Å². The molecule has 0 aliphatic carbocycles. The fraction of sp³-hybridized carbons (Fsp3) is 0.533. The average Bonchev–Trinajstić information content (AvgIpc) is 2.70. The lowest BCUT2D eigenvalue weighted by molar-refractivity contribution is 0.0526. The minimum Gasteiger partial charge on any atom is -0.462 e. The zero-order valence-electron chi connectivity index (χ0n) is 11.3. The number of benzene rings is 1. The minimum absolute atomic E-state index is 0.244. The van der Waals surface area contributed by atoms with Crippen molar-refractivity contribution in [1.29, 1.82) is 0 Å². The van der Waals surface area contributed by atoms with Gasteiger partial charge in [0.1, 0.15) is 0 Å². The van der Waals surface area contributed by atoms with E-state index < -0.39 is 0 Å².